The highest BCUT2D eigenvalue weighted by Crippen LogP contribution is 2.28. The summed E-state index contributed by atoms with van der Waals surface area (Å²) in [5.74, 6) is -2.29. The highest BCUT2D eigenvalue weighted by molar-refractivity contribution is 6.31. The summed E-state index contributed by atoms with van der Waals surface area (Å²) in [5, 5.41) is 2.91. The first kappa shape index (κ1) is 20.3. The monoisotopic (exact) mass is 416 g/mol. The molecule has 0 saturated heterocycles. The molecule has 150 valence electrons. The average molecular weight is 417 g/mol. The number of hydrogen-bond donors (Lipinski definition) is 1. The Morgan fingerprint density at radius 1 is 1.10 bits per heavy atom. The Morgan fingerprint density at radius 3 is 2.31 bits per heavy atom. The van der Waals surface area contributed by atoms with E-state index in [-0.39, 0.29) is 11.1 Å². The Hall–Kier alpha value is -3.39. The van der Waals surface area contributed by atoms with Crippen LogP contribution in [-0.4, -0.2) is 48.3 Å². The van der Waals surface area contributed by atoms with Gasteiger partial charge in [0.2, 0.25) is 0 Å². The molecule has 1 aliphatic rings. The van der Waals surface area contributed by atoms with Crippen molar-refractivity contribution >= 4 is 41.0 Å². The summed E-state index contributed by atoms with van der Waals surface area (Å²) >= 11 is 5.90. The van der Waals surface area contributed by atoms with Gasteiger partial charge in [0.25, 0.3) is 17.7 Å². The number of nitrogens with one attached hydrogen (secondary N) is 1. The molecule has 0 spiro atoms. The third kappa shape index (κ3) is 4.07. The fourth-order valence-corrected chi connectivity index (χ4v) is 3.06. The highest BCUT2D eigenvalue weighted by Gasteiger charge is 2.41. The molecule has 3 amide bonds. The standard InChI is InChI=1S/C20H17ClN2O6/c1-11(23-18(25)13-5-3-4-6-14(13)19(23)26)20(27)29-10-17(24)22-15-9-12(21)7-8-16(15)28-2/h3-9,11H,10H2,1-2H3,(H,22,24)/t11-/m1/s1. The molecule has 3 rings (SSSR count). The van der Waals surface area contributed by atoms with Gasteiger partial charge in [-0.2, -0.15) is 0 Å². The van der Waals surface area contributed by atoms with Crippen molar-refractivity contribution < 1.29 is 28.7 Å². The molecule has 0 aliphatic carbocycles. The van der Waals surface area contributed by atoms with E-state index in [9.17, 15) is 19.2 Å². The normalized spacial score (nSPS) is 13.7. The second kappa shape index (κ2) is 8.32. The number of esters is 1. The minimum Gasteiger partial charge on any atom is -0.495 e. The van der Waals surface area contributed by atoms with Gasteiger partial charge in [-0.05, 0) is 37.3 Å². The molecule has 1 heterocycles. The van der Waals surface area contributed by atoms with Crippen molar-refractivity contribution in [3.8, 4) is 5.75 Å². The molecule has 0 unspecified atom stereocenters. The van der Waals surface area contributed by atoms with Crippen LogP contribution in [0.25, 0.3) is 0 Å². The van der Waals surface area contributed by atoms with Crippen molar-refractivity contribution in [2.45, 2.75) is 13.0 Å². The first-order valence-corrected chi connectivity index (χ1v) is 8.98. The molecule has 0 fully saturated rings. The van der Waals surface area contributed by atoms with Gasteiger partial charge in [-0.3, -0.25) is 19.3 Å². The lowest BCUT2D eigenvalue weighted by molar-refractivity contribution is -0.150. The van der Waals surface area contributed by atoms with Gasteiger partial charge in [0.1, 0.15) is 11.8 Å². The second-order valence-corrected chi connectivity index (χ2v) is 6.64. The zero-order valence-electron chi connectivity index (χ0n) is 15.6. The van der Waals surface area contributed by atoms with Gasteiger partial charge in [-0.1, -0.05) is 23.7 Å². The van der Waals surface area contributed by atoms with Crippen LogP contribution >= 0.6 is 11.6 Å². The highest BCUT2D eigenvalue weighted by atomic mass is 35.5. The van der Waals surface area contributed by atoms with Crippen LogP contribution in [0.3, 0.4) is 0 Å². The van der Waals surface area contributed by atoms with E-state index >= 15 is 0 Å². The van der Waals surface area contributed by atoms with E-state index in [4.69, 9.17) is 21.1 Å². The molecule has 2 aromatic carbocycles. The SMILES string of the molecule is COc1ccc(Cl)cc1NC(=O)COC(=O)[C@@H](C)N1C(=O)c2ccccc2C1=O. The number of carbonyl (C=O) groups is 4. The molecule has 1 atom stereocenters. The molecule has 9 heteroatoms. The number of methoxy groups -OCH3 is 1. The Balaban J connectivity index is 1.61. The van der Waals surface area contributed by atoms with E-state index in [0.29, 0.717) is 16.5 Å². The first-order valence-electron chi connectivity index (χ1n) is 8.60. The Kier molecular flexibility index (Phi) is 5.84. The van der Waals surface area contributed by atoms with E-state index in [0.717, 1.165) is 4.90 Å². The summed E-state index contributed by atoms with van der Waals surface area (Å²) in [5.41, 5.74) is 0.764. The molecule has 1 N–H and O–H groups in total. The van der Waals surface area contributed by atoms with Crippen LogP contribution < -0.4 is 10.1 Å². The van der Waals surface area contributed by atoms with Crippen LogP contribution in [0.1, 0.15) is 27.6 Å². The maximum absolute atomic E-state index is 12.4. The Labute approximate surface area is 171 Å². The summed E-state index contributed by atoms with van der Waals surface area (Å²) in [4.78, 5) is 50.1. The molecule has 0 aromatic heterocycles. The molecule has 0 saturated carbocycles. The van der Waals surface area contributed by atoms with Crippen LogP contribution in [0, 0.1) is 0 Å². The molecular formula is C20H17ClN2O6. The lowest BCUT2D eigenvalue weighted by Gasteiger charge is -2.20. The van der Waals surface area contributed by atoms with E-state index in [1.165, 1.54) is 32.2 Å². The lowest BCUT2D eigenvalue weighted by atomic mass is 10.1. The number of rotatable bonds is 6. The van der Waals surface area contributed by atoms with Crippen molar-refractivity contribution in [3.63, 3.8) is 0 Å². The van der Waals surface area contributed by atoms with Crippen molar-refractivity contribution in [3.05, 3.63) is 58.6 Å². The molecule has 8 nitrogen and oxygen atoms in total. The zero-order valence-corrected chi connectivity index (χ0v) is 16.4. The second-order valence-electron chi connectivity index (χ2n) is 6.20. The zero-order chi connectivity index (χ0) is 21.1. The van der Waals surface area contributed by atoms with E-state index in [2.05, 4.69) is 5.32 Å². The molecule has 1 aliphatic heterocycles. The number of benzene rings is 2. The molecule has 2 aromatic rings. The predicted octanol–water partition coefficient (Wildman–Crippen LogP) is 2.52. The minimum atomic E-state index is -1.18. The molecule has 0 radical (unpaired) electrons. The van der Waals surface area contributed by atoms with Crippen LogP contribution in [0.15, 0.2) is 42.5 Å². The number of ether oxygens (including phenoxy) is 2. The van der Waals surface area contributed by atoms with Gasteiger partial charge < -0.3 is 14.8 Å². The van der Waals surface area contributed by atoms with Crippen molar-refractivity contribution in [1.29, 1.82) is 0 Å². The number of carbonyl (C=O) groups excluding carboxylic acids is 4. The molecule has 29 heavy (non-hydrogen) atoms. The number of nitrogens with zero attached hydrogens (tertiary/aromatic N) is 1. The number of imide groups is 1. The van der Waals surface area contributed by atoms with Crippen molar-refractivity contribution in [1.82, 2.24) is 4.90 Å². The summed E-state index contributed by atoms with van der Waals surface area (Å²) < 4.78 is 10.1. The number of fused-ring (bicyclic) bond motifs is 1. The van der Waals surface area contributed by atoms with Gasteiger partial charge in [0.15, 0.2) is 6.61 Å². The lowest BCUT2D eigenvalue weighted by Crippen LogP contribution is -2.44. The predicted molar refractivity (Wildman–Crippen MR) is 104 cm³/mol. The summed E-state index contributed by atoms with van der Waals surface area (Å²) in [6.07, 6.45) is 0. The van der Waals surface area contributed by atoms with Gasteiger partial charge in [0, 0.05) is 5.02 Å². The number of amides is 3. The van der Waals surface area contributed by atoms with E-state index in [1.807, 2.05) is 0 Å². The maximum atomic E-state index is 12.4. The Bertz CT molecular complexity index is 971. The van der Waals surface area contributed by atoms with Gasteiger partial charge in [0.05, 0.1) is 23.9 Å². The van der Waals surface area contributed by atoms with Crippen molar-refractivity contribution in [2.75, 3.05) is 19.0 Å². The van der Waals surface area contributed by atoms with Crippen LogP contribution in [0.2, 0.25) is 5.02 Å². The first-order chi connectivity index (χ1) is 13.8. The Morgan fingerprint density at radius 2 is 1.72 bits per heavy atom. The topological polar surface area (TPSA) is 102 Å². The van der Waals surface area contributed by atoms with Crippen LogP contribution in [-0.2, 0) is 14.3 Å². The smallest absolute Gasteiger partial charge is 0.329 e. The number of halogens is 1. The fraction of sp³-hybridized carbons (Fsp3) is 0.200. The van der Waals surface area contributed by atoms with Crippen molar-refractivity contribution in [2.24, 2.45) is 0 Å². The van der Waals surface area contributed by atoms with Crippen LogP contribution in [0.5, 0.6) is 5.75 Å². The molecular weight excluding hydrogens is 400 g/mol. The van der Waals surface area contributed by atoms with E-state index < -0.39 is 36.3 Å². The third-order valence-electron chi connectivity index (χ3n) is 4.34. The summed E-state index contributed by atoms with van der Waals surface area (Å²) in [6, 6.07) is 9.76. The number of anilines is 1. The molecule has 0 bridgehead atoms. The van der Waals surface area contributed by atoms with Gasteiger partial charge >= 0.3 is 5.97 Å². The number of hydrogen-bond acceptors (Lipinski definition) is 6. The third-order valence-corrected chi connectivity index (χ3v) is 4.57. The quantitative estimate of drug-likeness (QED) is 0.573. The minimum absolute atomic E-state index is 0.225. The van der Waals surface area contributed by atoms with Crippen LogP contribution in [0.4, 0.5) is 5.69 Å². The van der Waals surface area contributed by atoms with Gasteiger partial charge in [-0.25, -0.2) is 4.79 Å². The summed E-state index contributed by atoms with van der Waals surface area (Å²) in [7, 11) is 1.43. The average Bonchev–Trinajstić information content (AvgIpc) is 2.96. The largest absolute Gasteiger partial charge is 0.495 e. The van der Waals surface area contributed by atoms with E-state index in [1.54, 1.807) is 24.3 Å². The summed E-state index contributed by atoms with van der Waals surface area (Å²) in [6.45, 7) is 0.754. The maximum Gasteiger partial charge on any atom is 0.329 e. The van der Waals surface area contributed by atoms with Gasteiger partial charge in [-0.15, -0.1) is 0 Å². The fourth-order valence-electron chi connectivity index (χ4n) is 2.89.